The number of carboxylic acid groups (broad SMARTS) is 1. The summed E-state index contributed by atoms with van der Waals surface area (Å²) >= 11 is 0. The van der Waals surface area contributed by atoms with Crippen LogP contribution in [0.1, 0.15) is 18.5 Å². The van der Waals surface area contributed by atoms with Gasteiger partial charge in [-0.25, -0.2) is 18.9 Å². The van der Waals surface area contributed by atoms with Gasteiger partial charge in [0, 0.05) is 29.2 Å². The highest BCUT2D eigenvalue weighted by atomic mass is 19.1. The van der Waals surface area contributed by atoms with E-state index in [-0.39, 0.29) is 16.8 Å². The molecule has 0 saturated carbocycles. The maximum absolute atomic E-state index is 14.6. The number of nitrogens with one attached hydrogen (secondary N) is 1. The maximum atomic E-state index is 14.6. The third-order valence-electron chi connectivity index (χ3n) is 4.06. The molecule has 0 aliphatic carbocycles. The molecule has 2 heterocycles. The van der Waals surface area contributed by atoms with Gasteiger partial charge < -0.3 is 10.4 Å². The van der Waals surface area contributed by atoms with Gasteiger partial charge in [0.05, 0.1) is 11.6 Å². The van der Waals surface area contributed by atoms with Gasteiger partial charge in [-0.15, -0.1) is 0 Å². The molecular weight excluding hydrogens is 339 g/mol. The molecule has 26 heavy (non-hydrogen) atoms. The highest BCUT2D eigenvalue weighted by molar-refractivity contribution is 5.93. The SMILES string of the molecule is CC1=C(C#N)C(c2cc(-c3cccnc3)ccc2F)N(C(=O)O)C(=O)N1. The number of urea groups is 1. The lowest BCUT2D eigenvalue weighted by molar-refractivity contribution is 0.135. The van der Waals surface area contributed by atoms with E-state index in [2.05, 4.69) is 10.3 Å². The fourth-order valence-electron chi connectivity index (χ4n) is 2.84. The molecule has 0 fully saturated rings. The Kier molecular flexibility index (Phi) is 4.37. The normalized spacial score (nSPS) is 16.9. The Bertz CT molecular complexity index is 966. The van der Waals surface area contributed by atoms with E-state index in [4.69, 9.17) is 0 Å². The number of hydrogen-bond acceptors (Lipinski definition) is 4. The average Bonchev–Trinajstić information content (AvgIpc) is 2.62. The zero-order chi connectivity index (χ0) is 18.8. The van der Waals surface area contributed by atoms with Crippen molar-refractivity contribution in [3.8, 4) is 17.2 Å². The van der Waals surface area contributed by atoms with Crippen LogP contribution in [0.15, 0.2) is 54.0 Å². The van der Waals surface area contributed by atoms with E-state index < -0.39 is 24.0 Å². The minimum absolute atomic E-state index is 0.0470. The van der Waals surface area contributed by atoms with Crippen molar-refractivity contribution in [3.63, 3.8) is 0 Å². The summed E-state index contributed by atoms with van der Waals surface area (Å²) in [6.07, 6.45) is 1.58. The minimum Gasteiger partial charge on any atom is -0.465 e. The van der Waals surface area contributed by atoms with E-state index in [0.717, 1.165) is 0 Å². The van der Waals surface area contributed by atoms with Crippen LogP contribution in [0.25, 0.3) is 11.1 Å². The fourth-order valence-corrected chi connectivity index (χ4v) is 2.84. The number of halogens is 1. The fraction of sp³-hybridized carbons (Fsp3) is 0.111. The van der Waals surface area contributed by atoms with E-state index in [0.29, 0.717) is 16.0 Å². The van der Waals surface area contributed by atoms with Crippen LogP contribution >= 0.6 is 0 Å². The predicted octanol–water partition coefficient (Wildman–Crippen LogP) is 3.43. The van der Waals surface area contributed by atoms with Gasteiger partial charge >= 0.3 is 12.1 Å². The first-order chi connectivity index (χ1) is 12.4. The third-order valence-corrected chi connectivity index (χ3v) is 4.06. The first-order valence-electron chi connectivity index (χ1n) is 7.58. The van der Waals surface area contributed by atoms with E-state index in [1.54, 1.807) is 24.5 Å². The third kappa shape index (κ3) is 2.86. The van der Waals surface area contributed by atoms with Crippen LogP contribution in [0.4, 0.5) is 14.0 Å². The minimum atomic E-state index is -1.58. The number of carbonyl (C=O) groups is 2. The molecule has 1 atom stereocenters. The summed E-state index contributed by atoms with van der Waals surface area (Å²) in [7, 11) is 0. The smallest absolute Gasteiger partial charge is 0.416 e. The first kappa shape index (κ1) is 17.1. The molecular formula is C18H13FN4O3. The highest BCUT2D eigenvalue weighted by Gasteiger charge is 2.40. The molecule has 3 amide bonds. The van der Waals surface area contributed by atoms with Gasteiger partial charge in [-0.05, 0) is 30.7 Å². The van der Waals surface area contributed by atoms with Crippen LogP contribution in [0, 0.1) is 17.1 Å². The molecule has 1 aromatic carbocycles. The maximum Gasteiger partial charge on any atom is 0.416 e. The number of imide groups is 1. The molecule has 130 valence electrons. The van der Waals surface area contributed by atoms with Crippen LogP contribution in [0.2, 0.25) is 0 Å². The van der Waals surface area contributed by atoms with Crippen molar-refractivity contribution < 1.29 is 19.1 Å². The summed E-state index contributed by atoms with van der Waals surface area (Å²) in [5.74, 6) is -0.718. The standard InChI is InChI=1S/C18H13FN4O3/c1-10-14(8-20)16(23(18(25)26)17(24)22-10)13-7-11(4-5-15(13)19)12-3-2-6-21-9-12/h2-7,9,16H,1H3,(H,22,24)(H,25,26). The zero-order valence-electron chi connectivity index (χ0n) is 13.6. The van der Waals surface area contributed by atoms with Crippen molar-refractivity contribution in [3.05, 3.63) is 65.4 Å². The lowest BCUT2D eigenvalue weighted by Crippen LogP contribution is -2.49. The van der Waals surface area contributed by atoms with Gasteiger partial charge in [0.1, 0.15) is 11.9 Å². The molecule has 8 heteroatoms. The van der Waals surface area contributed by atoms with E-state index in [1.807, 2.05) is 6.07 Å². The number of benzene rings is 1. The Labute approximate surface area is 148 Å². The zero-order valence-corrected chi connectivity index (χ0v) is 13.6. The number of carbonyl (C=O) groups excluding carboxylic acids is 1. The van der Waals surface area contributed by atoms with Crippen molar-refractivity contribution >= 4 is 12.1 Å². The van der Waals surface area contributed by atoms with Crippen LogP contribution in [0.3, 0.4) is 0 Å². The molecule has 0 spiro atoms. The molecule has 0 radical (unpaired) electrons. The van der Waals surface area contributed by atoms with Crippen molar-refractivity contribution in [2.24, 2.45) is 0 Å². The number of rotatable bonds is 2. The molecule has 3 rings (SSSR count). The van der Waals surface area contributed by atoms with Crippen LogP contribution in [-0.2, 0) is 0 Å². The van der Waals surface area contributed by atoms with E-state index >= 15 is 0 Å². The largest absolute Gasteiger partial charge is 0.465 e. The quantitative estimate of drug-likeness (QED) is 0.861. The predicted molar refractivity (Wildman–Crippen MR) is 89.1 cm³/mol. The Hall–Kier alpha value is -3.73. The van der Waals surface area contributed by atoms with Gasteiger partial charge in [0.15, 0.2) is 0 Å². The first-order valence-corrected chi connectivity index (χ1v) is 7.58. The van der Waals surface area contributed by atoms with Crippen molar-refractivity contribution in [1.82, 2.24) is 15.2 Å². The molecule has 2 N–H and O–H groups in total. The average molecular weight is 352 g/mol. The number of pyridine rings is 1. The molecule has 2 aromatic rings. The number of nitriles is 1. The molecule has 1 aliphatic rings. The summed E-state index contributed by atoms with van der Waals surface area (Å²) < 4.78 is 14.6. The van der Waals surface area contributed by atoms with Gasteiger partial charge in [0.25, 0.3) is 0 Å². The molecule has 7 nitrogen and oxygen atoms in total. The van der Waals surface area contributed by atoms with Gasteiger partial charge in [0.2, 0.25) is 0 Å². The van der Waals surface area contributed by atoms with Crippen molar-refractivity contribution in [2.75, 3.05) is 0 Å². The number of nitrogens with zero attached hydrogens (tertiary/aromatic N) is 3. The van der Waals surface area contributed by atoms with Crippen LogP contribution in [0.5, 0.6) is 0 Å². The lowest BCUT2D eigenvalue weighted by Gasteiger charge is -2.33. The van der Waals surface area contributed by atoms with E-state index in [9.17, 15) is 24.3 Å². The molecule has 1 aliphatic heterocycles. The van der Waals surface area contributed by atoms with Crippen LogP contribution < -0.4 is 5.32 Å². The van der Waals surface area contributed by atoms with Gasteiger partial charge in [-0.1, -0.05) is 12.1 Å². The Morgan fingerprint density at radius 2 is 2.15 bits per heavy atom. The second kappa shape index (κ2) is 6.64. The lowest BCUT2D eigenvalue weighted by atomic mass is 9.92. The number of allylic oxidation sites excluding steroid dienone is 1. The second-order valence-electron chi connectivity index (χ2n) is 5.61. The Morgan fingerprint density at radius 1 is 1.38 bits per heavy atom. The molecule has 1 aromatic heterocycles. The van der Waals surface area contributed by atoms with Crippen molar-refractivity contribution in [1.29, 1.82) is 5.26 Å². The summed E-state index contributed by atoms with van der Waals surface area (Å²) in [6, 6.07) is 7.16. The number of hydrogen-bond donors (Lipinski definition) is 2. The second-order valence-corrected chi connectivity index (χ2v) is 5.61. The number of aromatic nitrogens is 1. The summed E-state index contributed by atoms with van der Waals surface area (Å²) in [6.45, 7) is 1.46. The van der Waals surface area contributed by atoms with Gasteiger partial charge in [-0.2, -0.15) is 5.26 Å². The van der Waals surface area contributed by atoms with E-state index in [1.165, 1.54) is 25.1 Å². The summed E-state index contributed by atoms with van der Waals surface area (Å²) in [4.78, 5) is 28.1. The highest BCUT2D eigenvalue weighted by Crippen LogP contribution is 2.36. The topological polar surface area (TPSA) is 106 Å². The van der Waals surface area contributed by atoms with Crippen LogP contribution in [-0.4, -0.2) is 27.1 Å². The monoisotopic (exact) mass is 352 g/mol. The summed E-state index contributed by atoms with van der Waals surface area (Å²) in [5.41, 5.74) is 1.33. The number of amides is 3. The van der Waals surface area contributed by atoms with Crippen molar-refractivity contribution in [2.45, 2.75) is 13.0 Å². The summed E-state index contributed by atoms with van der Waals surface area (Å²) in [5, 5.41) is 21.2. The molecule has 1 unspecified atom stereocenters. The molecule has 0 bridgehead atoms. The molecule has 0 saturated heterocycles. The van der Waals surface area contributed by atoms with Gasteiger partial charge in [-0.3, -0.25) is 4.98 Å². The Balaban J connectivity index is 2.22. The Morgan fingerprint density at radius 3 is 2.77 bits per heavy atom.